The molecular formula is C17H25FN2O. The molecule has 0 bridgehead atoms. The Hall–Kier alpha value is -1.58. The number of halogens is 1. The highest BCUT2D eigenvalue weighted by Crippen LogP contribution is 2.51. The van der Waals surface area contributed by atoms with Gasteiger partial charge in [-0.25, -0.2) is 4.39 Å². The molecule has 2 rings (SSSR count). The van der Waals surface area contributed by atoms with E-state index in [4.69, 9.17) is 5.73 Å². The summed E-state index contributed by atoms with van der Waals surface area (Å²) in [5.74, 6) is -0.634. The number of carbonyl (C=O) groups excluding carboxylic acids is 1. The van der Waals surface area contributed by atoms with Gasteiger partial charge in [0.15, 0.2) is 0 Å². The Kier molecular flexibility index (Phi) is 3.77. The van der Waals surface area contributed by atoms with Gasteiger partial charge in [-0.1, -0.05) is 27.7 Å². The highest BCUT2D eigenvalue weighted by molar-refractivity contribution is 5.88. The molecule has 3 nitrogen and oxygen atoms in total. The van der Waals surface area contributed by atoms with Gasteiger partial charge in [0.1, 0.15) is 11.4 Å². The van der Waals surface area contributed by atoms with Crippen LogP contribution in [0.25, 0.3) is 0 Å². The molecule has 0 saturated heterocycles. The largest absolute Gasteiger partial charge is 0.371 e. The van der Waals surface area contributed by atoms with Crippen molar-refractivity contribution in [3.05, 3.63) is 30.1 Å². The van der Waals surface area contributed by atoms with E-state index in [1.54, 1.807) is 12.1 Å². The van der Waals surface area contributed by atoms with E-state index in [1.165, 1.54) is 12.1 Å². The molecule has 4 heteroatoms. The predicted molar refractivity (Wildman–Crippen MR) is 83.4 cm³/mol. The van der Waals surface area contributed by atoms with Crippen LogP contribution in [-0.4, -0.2) is 11.4 Å². The van der Waals surface area contributed by atoms with Crippen LogP contribution in [0.3, 0.4) is 0 Å². The summed E-state index contributed by atoms with van der Waals surface area (Å²) in [4.78, 5) is 12.2. The van der Waals surface area contributed by atoms with Gasteiger partial charge in [0.25, 0.3) is 0 Å². The third-order valence-corrected chi connectivity index (χ3v) is 4.22. The molecule has 0 aromatic heterocycles. The number of carbonyl (C=O) groups is 1. The maximum absolute atomic E-state index is 13.0. The minimum Gasteiger partial charge on any atom is -0.371 e. The summed E-state index contributed by atoms with van der Waals surface area (Å²) >= 11 is 0. The Bertz CT molecular complexity index is 518. The molecule has 21 heavy (non-hydrogen) atoms. The van der Waals surface area contributed by atoms with Gasteiger partial charge in [-0.15, -0.1) is 0 Å². The van der Waals surface area contributed by atoms with E-state index >= 15 is 0 Å². The highest BCUT2D eigenvalue weighted by atomic mass is 19.1. The Labute approximate surface area is 126 Å². The lowest BCUT2D eigenvalue weighted by molar-refractivity contribution is -0.126. The zero-order chi connectivity index (χ0) is 15.9. The second kappa shape index (κ2) is 5.00. The molecule has 0 unspecified atom stereocenters. The molecule has 1 aliphatic rings. The summed E-state index contributed by atoms with van der Waals surface area (Å²) < 4.78 is 13.0. The SMILES string of the molecule is CC1(C)CC(C)(C)CC(Nc2ccc(F)cc2)(C(N)=O)C1. The van der Waals surface area contributed by atoms with Crippen LogP contribution in [0, 0.1) is 16.6 Å². The maximum atomic E-state index is 13.0. The number of amides is 1. The van der Waals surface area contributed by atoms with Crippen molar-refractivity contribution in [1.82, 2.24) is 0 Å². The molecule has 0 heterocycles. The highest BCUT2D eigenvalue weighted by Gasteiger charge is 2.50. The van der Waals surface area contributed by atoms with Crippen molar-refractivity contribution >= 4 is 11.6 Å². The lowest BCUT2D eigenvalue weighted by atomic mass is 9.58. The molecule has 1 fully saturated rings. The van der Waals surface area contributed by atoms with E-state index < -0.39 is 5.54 Å². The van der Waals surface area contributed by atoms with Gasteiger partial charge in [-0.3, -0.25) is 4.79 Å². The molecule has 1 aromatic carbocycles. The Morgan fingerprint density at radius 1 is 1.05 bits per heavy atom. The van der Waals surface area contributed by atoms with E-state index in [-0.39, 0.29) is 22.6 Å². The lowest BCUT2D eigenvalue weighted by Crippen LogP contribution is -2.58. The fraction of sp³-hybridized carbons (Fsp3) is 0.588. The molecule has 0 radical (unpaired) electrons. The number of rotatable bonds is 3. The smallest absolute Gasteiger partial charge is 0.243 e. The van der Waals surface area contributed by atoms with Crippen LogP contribution >= 0.6 is 0 Å². The molecule has 1 saturated carbocycles. The fourth-order valence-corrected chi connectivity index (χ4v) is 4.25. The predicted octanol–water partition coefficient (Wildman–Crippen LogP) is 3.70. The summed E-state index contributed by atoms with van der Waals surface area (Å²) in [6.07, 6.45) is 2.40. The van der Waals surface area contributed by atoms with Crippen molar-refractivity contribution in [1.29, 1.82) is 0 Å². The topological polar surface area (TPSA) is 55.1 Å². The van der Waals surface area contributed by atoms with Crippen LogP contribution in [0.5, 0.6) is 0 Å². The van der Waals surface area contributed by atoms with E-state index in [2.05, 4.69) is 33.0 Å². The van der Waals surface area contributed by atoms with Crippen LogP contribution in [-0.2, 0) is 4.79 Å². The molecular weight excluding hydrogens is 267 g/mol. The first-order valence-corrected chi connectivity index (χ1v) is 7.37. The van der Waals surface area contributed by atoms with Crippen LogP contribution in [0.2, 0.25) is 0 Å². The first-order valence-electron chi connectivity index (χ1n) is 7.37. The van der Waals surface area contributed by atoms with Crippen LogP contribution in [0.4, 0.5) is 10.1 Å². The number of nitrogens with one attached hydrogen (secondary N) is 1. The molecule has 1 aliphatic carbocycles. The minimum atomic E-state index is -0.789. The average molecular weight is 292 g/mol. The first kappa shape index (κ1) is 15.8. The van der Waals surface area contributed by atoms with Gasteiger partial charge in [-0.05, 0) is 54.4 Å². The normalized spacial score (nSPS) is 22.5. The quantitative estimate of drug-likeness (QED) is 0.892. The minimum absolute atomic E-state index is 0.0177. The second-order valence-corrected chi connectivity index (χ2v) is 7.94. The number of hydrogen-bond acceptors (Lipinski definition) is 2. The second-order valence-electron chi connectivity index (χ2n) is 7.94. The van der Waals surface area contributed by atoms with Crippen LogP contribution in [0.15, 0.2) is 24.3 Å². The maximum Gasteiger partial charge on any atom is 0.243 e. The number of primary amides is 1. The number of benzene rings is 1. The molecule has 0 aliphatic heterocycles. The zero-order valence-electron chi connectivity index (χ0n) is 13.3. The van der Waals surface area contributed by atoms with E-state index in [0.29, 0.717) is 12.8 Å². The standard InChI is InChI=1S/C17H25FN2O/c1-15(2)9-16(3,4)11-17(10-15,14(19)21)20-13-7-5-12(18)6-8-13/h5-8,20H,9-11H2,1-4H3,(H2,19,21). The van der Waals surface area contributed by atoms with Crippen molar-refractivity contribution < 1.29 is 9.18 Å². The van der Waals surface area contributed by atoms with Crippen molar-refractivity contribution in [3.63, 3.8) is 0 Å². The van der Waals surface area contributed by atoms with Crippen LogP contribution < -0.4 is 11.1 Å². The van der Waals surface area contributed by atoms with Gasteiger partial charge in [0.05, 0.1) is 0 Å². The van der Waals surface area contributed by atoms with Crippen molar-refractivity contribution in [2.45, 2.75) is 52.5 Å². The monoisotopic (exact) mass is 292 g/mol. The molecule has 116 valence electrons. The van der Waals surface area contributed by atoms with Gasteiger partial charge < -0.3 is 11.1 Å². The molecule has 0 atom stereocenters. The van der Waals surface area contributed by atoms with E-state index in [9.17, 15) is 9.18 Å². The molecule has 3 N–H and O–H groups in total. The Morgan fingerprint density at radius 2 is 1.52 bits per heavy atom. The average Bonchev–Trinajstić information content (AvgIpc) is 2.28. The van der Waals surface area contributed by atoms with Gasteiger partial charge in [-0.2, -0.15) is 0 Å². The van der Waals surface area contributed by atoms with E-state index in [0.717, 1.165) is 12.1 Å². The molecule has 1 aromatic rings. The molecule has 1 amide bonds. The number of nitrogens with two attached hydrogens (primary N) is 1. The summed E-state index contributed by atoms with van der Waals surface area (Å²) in [6.45, 7) is 8.66. The summed E-state index contributed by atoms with van der Waals surface area (Å²) in [5, 5.41) is 3.29. The third-order valence-electron chi connectivity index (χ3n) is 4.22. The number of hydrogen-bond donors (Lipinski definition) is 2. The van der Waals surface area contributed by atoms with E-state index in [1.807, 2.05) is 0 Å². The van der Waals surface area contributed by atoms with Gasteiger partial charge >= 0.3 is 0 Å². The Balaban J connectivity index is 2.36. The summed E-state index contributed by atoms with van der Waals surface area (Å²) in [7, 11) is 0. The van der Waals surface area contributed by atoms with Gasteiger partial charge in [0.2, 0.25) is 5.91 Å². The zero-order valence-corrected chi connectivity index (χ0v) is 13.3. The van der Waals surface area contributed by atoms with Crippen molar-refractivity contribution in [3.8, 4) is 0 Å². The van der Waals surface area contributed by atoms with Gasteiger partial charge in [0, 0.05) is 5.69 Å². The summed E-state index contributed by atoms with van der Waals surface area (Å²) in [5.41, 5.74) is 5.72. The summed E-state index contributed by atoms with van der Waals surface area (Å²) in [6, 6.07) is 6.07. The Morgan fingerprint density at radius 3 is 1.95 bits per heavy atom. The van der Waals surface area contributed by atoms with Crippen molar-refractivity contribution in [2.75, 3.05) is 5.32 Å². The van der Waals surface area contributed by atoms with Crippen molar-refractivity contribution in [2.24, 2.45) is 16.6 Å². The van der Waals surface area contributed by atoms with Crippen LogP contribution in [0.1, 0.15) is 47.0 Å². The first-order chi connectivity index (χ1) is 9.54. The lowest BCUT2D eigenvalue weighted by Gasteiger charge is -2.51. The molecule has 0 spiro atoms. The number of anilines is 1. The third kappa shape index (κ3) is 3.55. The fourth-order valence-electron chi connectivity index (χ4n) is 4.25.